The topological polar surface area (TPSA) is 96.0 Å². The predicted molar refractivity (Wildman–Crippen MR) is 167 cm³/mol. The molecule has 8 nitrogen and oxygen atoms in total. The van der Waals surface area contributed by atoms with Crippen molar-refractivity contribution in [2.45, 2.75) is 71.0 Å². The zero-order valence-corrected chi connectivity index (χ0v) is 26.6. The number of ether oxygens (including phenoxy) is 1. The molecule has 0 aliphatic heterocycles. The smallest absolute Gasteiger partial charge is 0.264 e. The minimum Gasteiger partial charge on any atom is -0.495 e. The lowest BCUT2D eigenvalue weighted by Crippen LogP contribution is -2.53. The summed E-state index contributed by atoms with van der Waals surface area (Å²) in [4.78, 5) is 29.1. The monoisotopic (exact) mass is 613 g/mol. The van der Waals surface area contributed by atoms with Crippen LogP contribution in [0.15, 0.2) is 71.6 Å². The van der Waals surface area contributed by atoms with Crippen molar-refractivity contribution in [1.82, 2.24) is 10.2 Å². The molecule has 0 unspecified atom stereocenters. The average Bonchev–Trinajstić information content (AvgIpc) is 2.96. The minimum absolute atomic E-state index is 0.0373. The lowest BCUT2D eigenvalue weighted by Gasteiger charge is -2.34. The maximum absolute atomic E-state index is 14.2. The first-order valence-electron chi connectivity index (χ1n) is 14.0. The molecule has 0 saturated carbocycles. The molecule has 2 atom stereocenters. The van der Waals surface area contributed by atoms with E-state index in [-0.39, 0.29) is 29.1 Å². The van der Waals surface area contributed by atoms with Gasteiger partial charge in [0.05, 0.1) is 17.7 Å². The molecule has 3 aromatic rings. The van der Waals surface area contributed by atoms with Gasteiger partial charge in [0.2, 0.25) is 11.8 Å². The van der Waals surface area contributed by atoms with Gasteiger partial charge in [0.25, 0.3) is 10.0 Å². The van der Waals surface area contributed by atoms with E-state index in [0.717, 1.165) is 27.4 Å². The zero-order chi connectivity index (χ0) is 31.0. The molecule has 226 valence electrons. The lowest BCUT2D eigenvalue weighted by atomic mass is 10.1. The molecule has 0 aliphatic carbocycles. The Morgan fingerprint density at radius 3 is 2.12 bits per heavy atom. The molecule has 10 heteroatoms. The SMILES string of the molecule is CC[C@H](C)NC(=O)[C@H](CC)N(Cc1ccc(Cl)cc1)C(=O)CN(c1cc(C)ccc1OC)S(=O)(=O)c1ccc(C)cc1. The van der Waals surface area contributed by atoms with Crippen LogP contribution in [0.4, 0.5) is 5.69 Å². The summed E-state index contributed by atoms with van der Waals surface area (Å²) in [7, 11) is -2.76. The lowest BCUT2D eigenvalue weighted by molar-refractivity contribution is -0.140. The number of carbonyl (C=O) groups excluding carboxylic acids is 2. The molecule has 0 bridgehead atoms. The number of methoxy groups -OCH3 is 1. The van der Waals surface area contributed by atoms with Crippen LogP contribution in [0.3, 0.4) is 0 Å². The van der Waals surface area contributed by atoms with Crippen LogP contribution < -0.4 is 14.4 Å². The summed E-state index contributed by atoms with van der Waals surface area (Å²) in [6.45, 7) is 8.93. The summed E-state index contributed by atoms with van der Waals surface area (Å²) in [6.07, 6.45) is 1.06. The number of sulfonamides is 1. The molecule has 0 spiro atoms. The van der Waals surface area contributed by atoms with Gasteiger partial charge in [-0.25, -0.2) is 8.42 Å². The molecule has 0 radical (unpaired) electrons. The van der Waals surface area contributed by atoms with Gasteiger partial charge in [-0.1, -0.05) is 61.3 Å². The van der Waals surface area contributed by atoms with Gasteiger partial charge in [-0.05, 0) is 81.1 Å². The van der Waals surface area contributed by atoms with Crippen molar-refractivity contribution in [1.29, 1.82) is 0 Å². The second-order valence-electron chi connectivity index (χ2n) is 10.4. The minimum atomic E-state index is -4.22. The first-order valence-corrected chi connectivity index (χ1v) is 15.8. The van der Waals surface area contributed by atoms with Gasteiger partial charge in [0, 0.05) is 17.6 Å². The molecule has 3 aromatic carbocycles. The molecule has 0 heterocycles. The first kappa shape index (κ1) is 32.9. The Labute approximate surface area is 254 Å². The normalized spacial score (nSPS) is 12.7. The Kier molecular flexibility index (Phi) is 11.4. The van der Waals surface area contributed by atoms with Crippen LogP contribution in [0, 0.1) is 13.8 Å². The van der Waals surface area contributed by atoms with Crippen LogP contribution in [0.5, 0.6) is 5.75 Å². The second kappa shape index (κ2) is 14.6. The number of hydrogen-bond acceptors (Lipinski definition) is 5. The van der Waals surface area contributed by atoms with E-state index >= 15 is 0 Å². The third kappa shape index (κ3) is 8.04. The highest BCUT2D eigenvalue weighted by Gasteiger charge is 2.35. The fraction of sp³-hybridized carbons (Fsp3) is 0.375. The molecule has 2 amide bonds. The maximum atomic E-state index is 14.2. The average molecular weight is 614 g/mol. The van der Waals surface area contributed by atoms with E-state index in [9.17, 15) is 18.0 Å². The summed E-state index contributed by atoms with van der Waals surface area (Å²) in [5.41, 5.74) is 2.68. The third-order valence-electron chi connectivity index (χ3n) is 7.14. The molecular weight excluding hydrogens is 574 g/mol. The fourth-order valence-electron chi connectivity index (χ4n) is 4.49. The molecule has 3 rings (SSSR count). The first-order chi connectivity index (χ1) is 19.9. The van der Waals surface area contributed by atoms with Crippen molar-refractivity contribution in [2.24, 2.45) is 0 Å². The molecular formula is C32H40ClN3O5S. The van der Waals surface area contributed by atoms with Crippen LogP contribution in [0.25, 0.3) is 0 Å². The Bertz CT molecular complexity index is 1480. The molecule has 42 heavy (non-hydrogen) atoms. The van der Waals surface area contributed by atoms with Crippen LogP contribution in [-0.2, 0) is 26.2 Å². The van der Waals surface area contributed by atoms with Crippen LogP contribution >= 0.6 is 11.6 Å². The predicted octanol–water partition coefficient (Wildman–Crippen LogP) is 5.88. The van der Waals surface area contributed by atoms with Gasteiger partial charge in [-0.3, -0.25) is 13.9 Å². The van der Waals surface area contributed by atoms with Crippen molar-refractivity contribution < 1.29 is 22.7 Å². The van der Waals surface area contributed by atoms with Gasteiger partial charge in [0.1, 0.15) is 18.3 Å². The summed E-state index contributed by atoms with van der Waals surface area (Å²) in [6, 6.07) is 17.7. The summed E-state index contributed by atoms with van der Waals surface area (Å²) >= 11 is 6.09. The van der Waals surface area contributed by atoms with Crippen molar-refractivity contribution >= 4 is 39.1 Å². The molecule has 0 aromatic heterocycles. The zero-order valence-electron chi connectivity index (χ0n) is 25.1. The van der Waals surface area contributed by atoms with E-state index < -0.39 is 28.5 Å². The standard InChI is InChI=1S/C32H40ClN3O5S/c1-7-24(5)34-32(38)28(8-2)35(20-25-12-14-26(33)15-13-25)31(37)21-36(29-19-23(4)11-18-30(29)41-6)42(39,40)27-16-9-22(3)10-17-27/h9-19,24,28H,7-8,20-21H2,1-6H3,(H,34,38)/t24-,28-/m0/s1. The van der Waals surface area contributed by atoms with E-state index in [4.69, 9.17) is 16.3 Å². The molecule has 0 saturated heterocycles. The van der Waals surface area contributed by atoms with Gasteiger partial charge in [-0.2, -0.15) is 0 Å². The number of nitrogens with one attached hydrogen (secondary N) is 1. The summed E-state index contributed by atoms with van der Waals surface area (Å²) in [5, 5.41) is 3.52. The van der Waals surface area contributed by atoms with Gasteiger partial charge in [-0.15, -0.1) is 0 Å². The molecule has 0 fully saturated rings. The van der Waals surface area contributed by atoms with Crippen molar-refractivity contribution in [3.05, 3.63) is 88.4 Å². The quantitative estimate of drug-likeness (QED) is 0.260. The van der Waals surface area contributed by atoms with Crippen molar-refractivity contribution in [3.63, 3.8) is 0 Å². The fourth-order valence-corrected chi connectivity index (χ4v) is 6.04. The van der Waals surface area contributed by atoms with E-state index in [2.05, 4.69) is 5.32 Å². The number of anilines is 1. The number of carbonyl (C=O) groups is 2. The summed E-state index contributed by atoms with van der Waals surface area (Å²) < 4.78 is 34.9. The Morgan fingerprint density at radius 1 is 0.929 bits per heavy atom. The highest BCUT2D eigenvalue weighted by atomic mass is 35.5. The van der Waals surface area contributed by atoms with E-state index in [1.165, 1.54) is 24.1 Å². The molecule has 0 aliphatic rings. The number of nitrogens with zero attached hydrogens (tertiary/aromatic N) is 2. The number of benzene rings is 3. The number of rotatable bonds is 13. The van der Waals surface area contributed by atoms with Gasteiger partial charge in [0.15, 0.2) is 0 Å². The molecule has 1 N–H and O–H groups in total. The highest BCUT2D eigenvalue weighted by molar-refractivity contribution is 7.92. The Morgan fingerprint density at radius 2 is 1.55 bits per heavy atom. The van der Waals surface area contributed by atoms with Crippen LogP contribution in [0.2, 0.25) is 5.02 Å². The van der Waals surface area contributed by atoms with Crippen molar-refractivity contribution in [2.75, 3.05) is 18.0 Å². The largest absolute Gasteiger partial charge is 0.495 e. The number of hydrogen-bond donors (Lipinski definition) is 1. The third-order valence-corrected chi connectivity index (χ3v) is 9.17. The van der Waals surface area contributed by atoms with Crippen molar-refractivity contribution in [3.8, 4) is 5.75 Å². The maximum Gasteiger partial charge on any atom is 0.264 e. The Balaban J connectivity index is 2.12. The van der Waals surface area contributed by atoms with E-state index in [1.54, 1.807) is 54.6 Å². The van der Waals surface area contributed by atoms with E-state index in [1.807, 2.05) is 34.6 Å². The Hall–Kier alpha value is -3.56. The number of aryl methyl sites for hydroxylation is 2. The highest BCUT2D eigenvalue weighted by Crippen LogP contribution is 2.34. The number of amides is 2. The second-order valence-corrected chi connectivity index (χ2v) is 12.7. The van der Waals surface area contributed by atoms with E-state index in [0.29, 0.717) is 17.2 Å². The van der Waals surface area contributed by atoms with Gasteiger partial charge >= 0.3 is 0 Å². The van der Waals surface area contributed by atoms with Crippen LogP contribution in [-0.4, -0.2) is 50.9 Å². The summed E-state index contributed by atoms with van der Waals surface area (Å²) in [5.74, 6) is -0.527. The number of halogens is 1. The van der Waals surface area contributed by atoms with Gasteiger partial charge < -0.3 is 15.0 Å². The van der Waals surface area contributed by atoms with Crippen LogP contribution in [0.1, 0.15) is 50.3 Å².